The van der Waals surface area contributed by atoms with Crippen LogP contribution >= 0.6 is 27.5 Å². The summed E-state index contributed by atoms with van der Waals surface area (Å²) in [6, 6.07) is 7.09. The predicted molar refractivity (Wildman–Crippen MR) is 106 cm³/mol. The molecule has 1 aromatic carbocycles. The number of amides is 1. The molecule has 0 spiro atoms. The van der Waals surface area contributed by atoms with Crippen LogP contribution in [-0.4, -0.2) is 37.4 Å². The first-order chi connectivity index (χ1) is 12.8. The largest absolute Gasteiger partial charge is 0.471 e. The summed E-state index contributed by atoms with van der Waals surface area (Å²) in [5.74, 6) is 0.547. The molecule has 0 N–H and O–H groups in total. The first-order valence-electron chi connectivity index (χ1n) is 8.19. The van der Waals surface area contributed by atoms with Crippen LogP contribution in [0.1, 0.15) is 21.7 Å². The van der Waals surface area contributed by atoms with E-state index in [2.05, 4.69) is 26.1 Å². The molecule has 3 aromatic rings. The molecule has 3 rings (SSSR count). The number of nitrogens with zero attached hydrogens (tertiary/aromatic N) is 5. The van der Waals surface area contributed by atoms with Crippen LogP contribution in [-0.2, 0) is 20.3 Å². The Morgan fingerprint density at radius 1 is 1.37 bits per heavy atom. The maximum absolute atomic E-state index is 12.6. The van der Waals surface area contributed by atoms with E-state index in [0.717, 1.165) is 21.5 Å². The zero-order chi connectivity index (χ0) is 19.6. The summed E-state index contributed by atoms with van der Waals surface area (Å²) < 4.78 is 9.92. The van der Waals surface area contributed by atoms with E-state index >= 15 is 0 Å². The van der Waals surface area contributed by atoms with E-state index < -0.39 is 0 Å². The Bertz CT molecular complexity index is 949. The topological polar surface area (TPSA) is 65.2 Å². The fraction of sp³-hybridized carbons (Fsp3) is 0.278. The van der Waals surface area contributed by atoms with E-state index in [4.69, 9.17) is 16.3 Å². The van der Waals surface area contributed by atoms with Gasteiger partial charge in [0.25, 0.3) is 5.91 Å². The molecule has 0 fully saturated rings. The molecule has 0 bridgehead atoms. The second-order valence-electron chi connectivity index (χ2n) is 6.15. The normalized spacial score (nSPS) is 10.9. The number of aromatic nitrogens is 4. The average molecular weight is 453 g/mol. The average Bonchev–Trinajstić information content (AvgIpc) is 3.22. The second kappa shape index (κ2) is 8.14. The van der Waals surface area contributed by atoms with Gasteiger partial charge in [0.05, 0.1) is 22.9 Å². The summed E-state index contributed by atoms with van der Waals surface area (Å²) in [5.41, 5.74) is 2.20. The van der Waals surface area contributed by atoms with Crippen LogP contribution < -0.4 is 4.74 Å². The van der Waals surface area contributed by atoms with Gasteiger partial charge in [-0.05, 0) is 52.7 Å². The van der Waals surface area contributed by atoms with Gasteiger partial charge in [-0.25, -0.2) is 4.68 Å². The van der Waals surface area contributed by atoms with Crippen molar-refractivity contribution in [2.45, 2.75) is 20.2 Å². The molecule has 0 saturated carbocycles. The van der Waals surface area contributed by atoms with Gasteiger partial charge >= 0.3 is 0 Å². The lowest BCUT2D eigenvalue weighted by atomic mass is 10.2. The van der Waals surface area contributed by atoms with Gasteiger partial charge in [0.1, 0.15) is 5.75 Å². The molecule has 0 aliphatic heterocycles. The van der Waals surface area contributed by atoms with Crippen molar-refractivity contribution in [1.29, 1.82) is 0 Å². The van der Waals surface area contributed by atoms with Gasteiger partial charge in [-0.3, -0.25) is 9.48 Å². The molecule has 2 aromatic heterocycles. The number of aryl methyl sites for hydroxylation is 2. The molecule has 0 atom stereocenters. The fourth-order valence-corrected chi connectivity index (χ4v) is 3.26. The number of ether oxygens (including phenoxy) is 1. The Hall–Kier alpha value is -2.32. The quantitative estimate of drug-likeness (QED) is 0.573. The van der Waals surface area contributed by atoms with Crippen molar-refractivity contribution < 1.29 is 9.53 Å². The van der Waals surface area contributed by atoms with Crippen molar-refractivity contribution in [3.63, 3.8) is 0 Å². The third-order valence-corrected chi connectivity index (χ3v) is 4.99. The van der Waals surface area contributed by atoms with Gasteiger partial charge in [0, 0.05) is 25.3 Å². The zero-order valence-corrected chi connectivity index (χ0v) is 17.5. The molecular formula is C18H19BrClN5O2. The van der Waals surface area contributed by atoms with E-state index in [9.17, 15) is 4.79 Å². The summed E-state index contributed by atoms with van der Waals surface area (Å²) >= 11 is 9.39. The number of carbonyl (C=O) groups excluding carboxylic acids is 1. The van der Waals surface area contributed by atoms with E-state index in [1.165, 1.54) is 0 Å². The van der Waals surface area contributed by atoms with E-state index in [1.54, 1.807) is 45.8 Å². The summed E-state index contributed by atoms with van der Waals surface area (Å²) in [6.07, 6.45) is 3.42. The molecule has 1 amide bonds. The Kier molecular flexibility index (Phi) is 5.86. The lowest BCUT2D eigenvalue weighted by Gasteiger charge is -2.16. The van der Waals surface area contributed by atoms with Gasteiger partial charge in [0.2, 0.25) is 0 Å². The molecule has 0 aliphatic rings. The van der Waals surface area contributed by atoms with Crippen molar-refractivity contribution in [2.24, 2.45) is 7.05 Å². The van der Waals surface area contributed by atoms with Crippen LogP contribution in [0.3, 0.4) is 0 Å². The number of hydrogen-bond donors (Lipinski definition) is 0. The first kappa shape index (κ1) is 19.4. The molecule has 0 saturated heterocycles. The molecule has 0 unspecified atom stereocenters. The molecule has 7 nitrogen and oxygen atoms in total. The predicted octanol–water partition coefficient (Wildman–Crippen LogP) is 3.65. The zero-order valence-electron chi connectivity index (χ0n) is 15.2. The van der Waals surface area contributed by atoms with Crippen LogP contribution in [0.2, 0.25) is 5.02 Å². The van der Waals surface area contributed by atoms with E-state index in [-0.39, 0.29) is 12.6 Å². The Morgan fingerprint density at radius 3 is 2.81 bits per heavy atom. The van der Waals surface area contributed by atoms with Crippen molar-refractivity contribution >= 4 is 33.4 Å². The number of carbonyl (C=O) groups is 1. The minimum absolute atomic E-state index is 0.176. The summed E-state index contributed by atoms with van der Waals surface area (Å²) in [4.78, 5) is 14.2. The van der Waals surface area contributed by atoms with E-state index in [0.29, 0.717) is 17.3 Å². The van der Waals surface area contributed by atoms with Crippen molar-refractivity contribution in [2.75, 3.05) is 7.05 Å². The van der Waals surface area contributed by atoms with Crippen LogP contribution in [0, 0.1) is 6.92 Å². The minimum Gasteiger partial charge on any atom is -0.471 e. The molecule has 27 heavy (non-hydrogen) atoms. The summed E-state index contributed by atoms with van der Waals surface area (Å²) in [7, 11) is 3.57. The summed E-state index contributed by atoms with van der Waals surface area (Å²) in [5, 5.41) is 9.13. The number of benzene rings is 1. The highest BCUT2D eigenvalue weighted by atomic mass is 79.9. The highest BCUT2D eigenvalue weighted by Crippen LogP contribution is 2.22. The summed E-state index contributed by atoms with van der Waals surface area (Å²) in [6.45, 7) is 2.54. The molecule has 0 radical (unpaired) electrons. The Labute approximate surface area is 170 Å². The number of hydrogen-bond acceptors (Lipinski definition) is 4. The lowest BCUT2D eigenvalue weighted by Crippen LogP contribution is -2.28. The van der Waals surface area contributed by atoms with Crippen LogP contribution in [0.25, 0.3) is 0 Å². The van der Waals surface area contributed by atoms with Crippen molar-refractivity contribution in [1.82, 2.24) is 24.5 Å². The van der Waals surface area contributed by atoms with Gasteiger partial charge in [-0.15, -0.1) is 0 Å². The standard InChI is InChI=1S/C18H19BrClN5O2/c1-12-8-13(20)4-5-17(12)27-11-25-7-6-15(22-25)18(26)23(2)10-16-14(19)9-21-24(16)3/h4-9H,10-11H2,1-3H3. The maximum atomic E-state index is 12.6. The van der Waals surface area contributed by atoms with Gasteiger partial charge < -0.3 is 9.64 Å². The lowest BCUT2D eigenvalue weighted by molar-refractivity contribution is 0.0773. The highest BCUT2D eigenvalue weighted by Gasteiger charge is 2.18. The second-order valence-corrected chi connectivity index (χ2v) is 7.44. The highest BCUT2D eigenvalue weighted by molar-refractivity contribution is 9.10. The SMILES string of the molecule is Cc1cc(Cl)ccc1OCn1ccc(C(=O)N(C)Cc2c(Br)cnn2C)n1. The Morgan fingerprint density at radius 2 is 2.15 bits per heavy atom. The smallest absolute Gasteiger partial charge is 0.274 e. The fourth-order valence-electron chi connectivity index (χ4n) is 2.56. The van der Waals surface area contributed by atoms with Gasteiger partial charge in [-0.2, -0.15) is 10.2 Å². The van der Waals surface area contributed by atoms with E-state index in [1.807, 2.05) is 26.1 Å². The maximum Gasteiger partial charge on any atom is 0.274 e. The van der Waals surface area contributed by atoms with Gasteiger partial charge in [-0.1, -0.05) is 11.6 Å². The monoisotopic (exact) mass is 451 g/mol. The first-order valence-corrected chi connectivity index (χ1v) is 9.36. The van der Waals surface area contributed by atoms with Crippen LogP contribution in [0.4, 0.5) is 0 Å². The number of halogens is 2. The molecular weight excluding hydrogens is 434 g/mol. The van der Waals surface area contributed by atoms with Crippen molar-refractivity contribution in [3.05, 3.63) is 63.1 Å². The number of rotatable bonds is 6. The van der Waals surface area contributed by atoms with Crippen LogP contribution in [0.15, 0.2) is 41.1 Å². The van der Waals surface area contributed by atoms with Gasteiger partial charge in [0.15, 0.2) is 12.4 Å². The third kappa shape index (κ3) is 4.51. The van der Waals surface area contributed by atoms with Crippen molar-refractivity contribution in [3.8, 4) is 5.75 Å². The minimum atomic E-state index is -0.176. The molecule has 2 heterocycles. The molecule has 0 aliphatic carbocycles. The molecule has 142 valence electrons. The molecule has 9 heteroatoms. The third-order valence-electron chi connectivity index (χ3n) is 4.09. The Balaban J connectivity index is 1.63. The van der Waals surface area contributed by atoms with Crippen LogP contribution in [0.5, 0.6) is 5.75 Å².